The minimum atomic E-state index is -0.615. The van der Waals surface area contributed by atoms with Crippen molar-refractivity contribution in [2.75, 3.05) is 6.61 Å². The first kappa shape index (κ1) is 15.7. The van der Waals surface area contributed by atoms with Crippen molar-refractivity contribution >= 4 is 5.97 Å². The number of benzene rings is 2. The van der Waals surface area contributed by atoms with E-state index in [4.69, 9.17) is 4.74 Å². The van der Waals surface area contributed by atoms with Gasteiger partial charge >= 0.3 is 5.97 Å². The van der Waals surface area contributed by atoms with Gasteiger partial charge in [0.1, 0.15) is 5.56 Å². The van der Waals surface area contributed by atoms with E-state index in [0.29, 0.717) is 11.3 Å². The van der Waals surface area contributed by atoms with Gasteiger partial charge in [0.05, 0.1) is 17.9 Å². The third-order valence-corrected chi connectivity index (χ3v) is 3.70. The van der Waals surface area contributed by atoms with Gasteiger partial charge < -0.3 is 9.72 Å². The van der Waals surface area contributed by atoms with Crippen LogP contribution in [0, 0.1) is 0 Å². The Kier molecular flexibility index (Phi) is 4.57. The monoisotopic (exact) mass is 319 g/mol. The molecule has 0 radical (unpaired) electrons. The highest BCUT2D eigenvalue weighted by molar-refractivity contribution is 5.92. The fourth-order valence-corrected chi connectivity index (χ4v) is 2.60. The minimum absolute atomic E-state index is 0.00961. The van der Waals surface area contributed by atoms with E-state index >= 15 is 0 Å². The third-order valence-electron chi connectivity index (χ3n) is 3.70. The van der Waals surface area contributed by atoms with Crippen molar-refractivity contribution < 1.29 is 9.53 Å². The smallest absolute Gasteiger partial charge is 0.343 e. The number of hydrogen-bond acceptors (Lipinski definition) is 3. The molecule has 120 valence electrons. The summed E-state index contributed by atoms with van der Waals surface area (Å²) in [6, 6.07) is 18.9. The first-order valence-corrected chi connectivity index (χ1v) is 7.76. The molecule has 0 aliphatic rings. The third kappa shape index (κ3) is 2.99. The molecule has 0 aliphatic carbocycles. The molecule has 3 rings (SSSR count). The Morgan fingerprint density at radius 2 is 1.54 bits per heavy atom. The Bertz CT molecular complexity index is 899. The quantitative estimate of drug-likeness (QED) is 0.742. The second-order valence-electron chi connectivity index (χ2n) is 5.23. The molecule has 1 N–H and O–H groups in total. The van der Waals surface area contributed by atoms with Crippen LogP contribution in [-0.2, 0) is 4.74 Å². The summed E-state index contributed by atoms with van der Waals surface area (Å²) in [5.41, 5.74) is 2.45. The lowest BCUT2D eigenvalue weighted by molar-refractivity contribution is 0.0524. The zero-order valence-electron chi connectivity index (χ0n) is 13.3. The molecule has 0 spiro atoms. The van der Waals surface area contributed by atoms with Gasteiger partial charge in [-0.1, -0.05) is 60.7 Å². The lowest BCUT2D eigenvalue weighted by Gasteiger charge is -2.11. The predicted molar refractivity (Wildman–Crippen MR) is 93.9 cm³/mol. The Labute approximate surface area is 139 Å². The number of hydrogen-bond donors (Lipinski definition) is 1. The van der Waals surface area contributed by atoms with Crippen molar-refractivity contribution in [2.24, 2.45) is 0 Å². The van der Waals surface area contributed by atoms with Crippen LogP contribution in [0.1, 0.15) is 17.3 Å². The largest absolute Gasteiger partial charge is 0.462 e. The molecular formula is C20H17NO3. The standard InChI is InChI=1S/C20H17NO3/c1-2-24-20(23)16-13-21-18(15-11-7-4-8-12-15)17(19(16)22)14-9-5-3-6-10-14/h3-13H,2H2,1H3,(H,21,22). The van der Waals surface area contributed by atoms with Crippen molar-refractivity contribution in [1.82, 2.24) is 4.98 Å². The molecule has 0 bridgehead atoms. The molecule has 0 atom stereocenters. The van der Waals surface area contributed by atoms with E-state index in [1.807, 2.05) is 60.7 Å². The number of carbonyl (C=O) groups excluding carboxylic acids is 1. The van der Waals surface area contributed by atoms with Crippen LogP contribution in [0.3, 0.4) is 0 Å². The fourth-order valence-electron chi connectivity index (χ4n) is 2.60. The molecule has 0 fully saturated rings. The number of H-pyrrole nitrogens is 1. The van der Waals surface area contributed by atoms with Gasteiger partial charge in [-0.05, 0) is 18.1 Å². The van der Waals surface area contributed by atoms with E-state index in [2.05, 4.69) is 4.98 Å². The number of aromatic nitrogens is 1. The molecule has 24 heavy (non-hydrogen) atoms. The number of rotatable bonds is 4. The van der Waals surface area contributed by atoms with Gasteiger partial charge in [0, 0.05) is 6.20 Å². The molecule has 2 aromatic carbocycles. The van der Waals surface area contributed by atoms with Crippen LogP contribution in [0.15, 0.2) is 71.7 Å². The SMILES string of the molecule is CCOC(=O)c1c[nH]c(-c2ccccc2)c(-c2ccccc2)c1=O. The van der Waals surface area contributed by atoms with Gasteiger partial charge in [0.15, 0.2) is 0 Å². The second-order valence-corrected chi connectivity index (χ2v) is 5.23. The van der Waals surface area contributed by atoms with Gasteiger partial charge in [-0.15, -0.1) is 0 Å². The van der Waals surface area contributed by atoms with E-state index in [1.165, 1.54) is 6.20 Å². The Balaban J connectivity index is 2.26. The zero-order valence-corrected chi connectivity index (χ0v) is 13.3. The van der Waals surface area contributed by atoms with Gasteiger partial charge in [-0.2, -0.15) is 0 Å². The van der Waals surface area contributed by atoms with Gasteiger partial charge in [-0.3, -0.25) is 4.79 Å². The second kappa shape index (κ2) is 6.96. The maximum atomic E-state index is 13.0. The predicted octanol–water partition coefficient (Wildman–Crippen LogP) is 3.89. The highest BCUT2D eigenvalue weighted by Crippen LogP contribution is 2.27. The summed E-state index contributed by atoms with van der Waals surface area (Å²) < 4.78 is 4.99. The van der Waals surface area contributed by atoms with Crippen LogP contribution < -0.4 is 5.43 Å². The Morgan fingerprint density at radius 1 is 0.958 bits per heavy atom. The number of ether oxygens (including phenoxy) is 1. The van der Waals surface area contributed by atoms with Crippen LogP contribution in [-0.4, -0.2) is 17.6 Å². The molecule has 0 unspecified atom stereocenters. The average Bonchev–Trinajstić information content (AvgIpc) is 2.63. The average molecular weight is 319 g/mol. The molecule has 4 nitrogen and oxygen atoms in total. The van der Waals surface area contributed by atoms with Crippen LogP contribution in [0.4, 0.5) is 0 Å². The minimum Gasteiger partial charge on any atom is -0.462 e. The molecule has 0 saturated heterocycles. The lowest BCUT2D eigenvalue weighted by Crippen LogP contribution is -2.20. The number of nitrogens with one attached hydrogen (secondary N) is 1. The van der Waals surface area contributed by atoms with E-state index in [0.717, 1.165) is 11.1 Å². The molecule has 4 heteroatoms. The summed E-state index contributed by atoms with van der Waals surface area (Å²) in [5, 5.41) is 0. The van der Waals surface area contributed by atoms with Gasteiger partial charge in [-0.25, -0.2) is 4.79 Å². The fraction of sp³-hybridized carbons (Fsp3) is 0.100. The van der Waals surface area contributed by atoms with E-state index in [9.17, 15) is 9.59 Å². The summed E-state index contributed by atoms with van der Waals surface area (Å²) in [5.74, 6) is -0.615. The molecule has 0 aliphatic heterocycles. The summed E-state index contributed by atoms with van der Waals surface area (Å²) in [6.45, 7) is 1.93. The van der Waals surface area contributed by atoms with Crippen molar-refractivity contribution in [2.45, 2.75) is 6.92 Å². The summed E-state index contributed by atoms with van der Waals surface area (Å²) >= 11 is 0. The first-order chi connectivity index (χ1) is 11.7. The lowest BCUT2D eigenvalue weighted by atomic mass is 9.97. The summed E-state index contributed by atoms with van der Waals surface area (Å²) in [4.78, 5) is 28.1. The topological polar surface area (TPSA) is 59.2 Å². The summed E-state index contributed by atoms with van der Waals surface area (Å²) in [6.07, 6.45) is 1.43. The van der Waals surface area contributed by atoms with E-state index in [-0.39, 0.29) is 17.6 Å². The maximum Gasteiger partial charge on any atom is 0.343 e. The zero-order chi connectivity index (χ0) is 16.9. The van der Waals surface area contributed by atoms with Crippen molar-refractivity contribution in [3.05, 3.63) is 82.6 Å². The molecule has 0 amide bonds. The van der Waals surface area contributed by atoms with Crippen LogP contribution in [0.2, 0.25) is 0 Å². The van der Waals surface area contributed by atoms with Crippen molar-refractivity contribution in [3.8, 4) is 22.4 Å². The van der Waals surface area contributed by atoms with Crippen molar-refractivity contribution in [3.63, 3.8) is 0 Å². The maximum absolute atomic E-state index is 13.0. The molecule has 1 aromatic heterocycles. The number of esters is 1. The van der Waals surface area contributed by atoms with E-state index < -0.39 is 5.97 Å². The first-order valence-electron chi connectivity index (χ1n) is 7.76. The summed E-state index contributed by atoms with van der Waals surface area (Å²) in [7, 11) is 0. The van der Waals surface area contributed by atoms with Crippen LogP contribution in [0.25, 0.3) is 22.4 Å². The van der Waals surface area contributed by atoms with E-state index in [1.54, 1.807) is 6.92 Å². The molecular weight excluding hydrogens is 302 g/mol. The van der Waals surface area contributed by atoms with Crippen molar-refractivity contribution in [1.29, 1.82) is 0 Å². The number of carbonyl (C=O) groups is 1. The molecule has 1 heterocycles. The molecule has 0 saturated carbocycles. The number of pyridine rings is 1. The highest BCUT2D eigenvalue weighted by atomic mass is 16.5. The molecule has 3 aromatic rings. The normalized spacial score (nSPS) is 10.4. The van der Waals surface area contributed by atoms with Crippen LogP contribution >= 0.6 is 0 Å². The number of aromatic amines is 1. The van der Waals surface area contributed by atoms with Gasteiger partial charge in [0.2, 0.25) is 5.43 Å². The van der Waals surface area contributed by atoms with Gasteiger partial charge in [0.25, 0.3) is 0 Å². The highest BCUT2D eigenvalue weighted by Gasteiger charge is 2.19. The Hall–Kier alpha value is -3.14. The van der Waals surface area contributed by atoms with Crippen LogP contribution in [0.5, 0.6) is 0 Å². The Morgan fingerprint density at radius 3 is 2.12 bits per heavy atom.